The first kappa shape index (κ1) is 41.6. The zero-order valence-corrected chi connectivity index (χ0v) is 34.5. The van der Waals surface area contributed by atoms with Crippen LogP contribution >= 0.6 is 0 Å². The zero-order chi connectivity index (χ0) is 38.7. The van der Waals surface area contributed by atoms with E-state index in [2.05, 4.69) is 53.4 Å². The first-order chi connectivity index (χ1) is 24.2. The van der Waals surface area contributed by atoms with Crippen molar-refractivity contribution in [2.24, 2.45) is 56.2 Å². The summed E-state index contributed by atoms with van der Waals surface area (Å²) in [7, 11) is 3.43. The Balaban J connectivity index is 1.44. The number of esters is 1. The fourth-order valence-corrected chi connectivity index (χ4v) is 13.3. The standard InChI is InChI=1S/C43H73NO8/c1-27(2)35-29(45)24-43(32(46)26-44(20-22-50-10)21-23-51-11)19-18-41(8)28(36(35)43)12-13-31-40(7)16-15-33(52-34(47)25-38(3,4)37(48)49)39(5,6)30(40)14-17-42(31,41)9/h27-33,45-46H,12-26H2,1-11H3,(H,48,49)/t28-,29?,30+,31-,32-,33+,40+,41-,42-,43+/m1/s1. The maximum absolute atomic E-state index is 13.1. The maximum Gasteiger partial charge on any atom is 0.309 e. The Labute approximate surface area is 314 Å². The fraction of sp³-hybridized carbons (Fsp3) is 0.907. The molecular weight excluding hydrogens is 658 g/mol. The van der Waals surface area contributed by atoms with Gasteiger partial charge in [-0.2, -0.15) is 0 Å². The first-order valence-electron chi connectivity index (χ1n) is 20.4. The topological polar surface area (TPSA) is 126 Å². The molecule has 0 saturated heterocycles. The van der Waals surface area contributed by atoms with Gasteiger partial charge in [-0.25, -0.2) is 0 Å². The number of hydrogen-bond donors (Lipinski definition) is 3. The lowest BCUT2D eigenvalue weighted by atomic mass is 9.33. The van der Waals surface area contributed by atoms with Gasteiger partial charge in [0.05, 0.1) is 37.3 Å². The molecule has 0 radical (unpaired) electrons. The summed E-state index contributed by atoms with van der Waals surface area (Å²) in [5.74, 6) is 0.000906. The van der Waals surface area contributed by atoms with E-state index in [4.69, 9.17) is 14.2 Å². The van der Waals surface area contributed by atoms with E-state index in [9.17, 15) is 24.9 Å². The Morgan fingerprint density at radius 2 is 1.52 bits per heavy atom. The van der Waals surface area contributed by atoms with Gasteiger partial charge in [-0.15, -0.1) is 0 Å². The Kier molecular flexibility index (Phi) is 11.9. The van der Waals surface area contributed by atoms with Crippen LogP contribution in [0, 0.1) is 56.2 Å². The van der Waals surface area contributed by atoms with Crippen molar-refractivity contribution in [1.82, 2.24) is 4.90 Å². The number of aliphatic hydroxyl groups excluding tert-OH is 2. The Bertz CT molecular complexity index is 1350. The van der Waals surface area contributed by atoms with Crippen molar-refractivity contribution in [1.29, 1.82) is 0 Å². The van der Waals surface area contributed by atoms with E-state index in [-0.39, 0.29) is 40.1 Å². The van der Waals surface area contributed by atoms with Gasteiger partial charge in [-0.1, -0.05) is 54.0 Å². The van der Waals surface area contributed by atoms with Gasteiger partial charge in [0.1, 0.15) is 6.10 Å². The second-order valence-electron chi connectivity index (χ2n) is 20.0. The summed E-state index contributed by atoms with van der Waals surface area (Å²) in [5, 5.41) is 33.8. The predicted molar refractivity (Wildman–Crippen MR) is 203 cm³/mol. The molecule has 5 aliphatic carbocycles. The van der Waals surface area contributed by atoms with Crippen LogP contribution in [0.3, 0.4) is 0 Å². The summed E-state index contributed by atoms with van der Waals surface area (Å²) < 4.78 is 17.0. The molecule has 0 amide bonds. The third-order valence-corrected chi connectivity index (χ3v) is 16.4. The number of ether oxygens (including phenoxy) is 3. The summed E-state index contributed by atoms with van der Waals surface area (Å²) in [5.41, 5.74) is 0.922. The Hall–Kier alpha value is -1.52. The molecule has 298 valence electrons. The van der Waals surface area contributed by atoms with Crippen molar-refractivity contribution in [3.63, 3.8) is 0 Å². The summed E-state index contributed by atoms with van der Waals surface area (Å²) in [6.45, 7) is 23.0. The normalized spacial score (nSPS) is 39.1. The van der Waals surface area contributed by atoms with Gasteiger partial charge in [0.25, 0.3) is 0 Å². The van der Waals surface area contributed by atoms with Crippen LogP contribution in [0.25, 0.3) is 0 Å². The van der Waals surface area contributed by atoms with Gasteiger partial charge in [0.15, 0.2) is 0 Å². The highest BCUT2D eigenvalue weighted by molar-refractivity contribution is 5.81. The lowest BCUT2D eigenvalue weighted by Gasteiger charge is -2.72. The number of nitrogens with zero attached hydrogens (tertiary/aromatic N) is 1. The quantitative estimate of drug-likeness (QED) is 0.126. The number of aliphatic carboxylic acids is 1. The van der Waals surface area contributed by atoms with Crippen LogP contribution in [0.4, 0.5) is 0 Å². The monoisotopic (exact) mass is 732 g/mol. The van der Waals surface area contributed by atoms with Crippen molar-refractivity contribution < 1.29 is 39.1 Å². The number of aliphatic hydroxyl groups is 2. The van der Waals surface area contributed by atoms with Crippen LogP contribution in [-0.2, 0) is 23.8 Å². The van der Waals surface area contributed by atoms with Gasteiger partial charge in [-0.05, 0) is 117 Å². The second kappa shape index (κ2) is 14.9. The smallest absolute Gasteiger partial charge is 0.309 e. The largest absolute Gasteiger partial charge is 0.481 e. The number of rotatable bonds is 14. The van der Waals surface area contributed by atoms with Crippen molar-refractivity contribution in [3.05, 3.63) is 11.1 Å². The summed E-state index contributed by atoms with van der Waals surface area (Å²) >= 11 is 0. The highest BCUT2D eigenvalue weighted by Gasteiger charge is 2.70. The molecule has 0 aliphatic heterocycles. The summed E-state index contributed by atoms with van der Waals surface area (Å²) in [6.07, 6.45) is 7.14. The third-order valence-electron chi connectivity index (χ3n) is 16.4. The number of carbonyl (C=O) groups is 2. The molecular formula is C43H73NO8. The maximum atomic E-state index is 13.1. The van der Waals surface area contributed by atoms with E-state index in [1.165, 1.54) is 11.1 Å². The molecule has 9 heteroatoms. The molecule has 0 aromatic heterocycles. The average Bonchev–Trinajstić information content (AvgIpc) is 3.37. The highest BCUT2D eigenvalue weighted by atomic mass is 16.5. The van der Waals surface area contributed by atoms with Crippen LogP contribution in [0.5, 0.6) is 0 Å². The van der Waals surface area contributed by atoms with Gasteiger partial charge in [0.2, 0.25) is 0 Å². The molecule has 10 atom stereocenters. The fourth-order valence-electron chi connectivity index (χ4n) is 13.3. The van der Waals surface area contributed by atoms with Crippen LogP contribution in [-0.4, -0.2) is 97.5 Å². The van der Waals surface area contributed by atoms with Gasteiger partial charge in [-0.3, -0.25) is 14.5 Å². The van der Waals surface area contributed by atoms with E-state index in [1.54, 1.807) is 28.1 Å². The molecule has 0 heterocycles. The second-order valence-corrected chi connectivity index (χ2v) is 20.0. The molecule has 4 fully saturated rings. The SMILES string of the molecule is COCCN(CCOC)C[C@@H](O)[C@@]12CC[C@]3(C)[C@H](CC[C@@H]4[C@@]5(C)CC[C@H](OC(=O)CC(C)(C)C(=O)O)C(C)(C)[C@@H]5CC[C@]43C)C1=C(C(C)C)C(O)C2. The molecule has 0 bridgehead atoms. The molecule has 3 N–H and O–H groups in total. The van der Waals surface area contributed by atoms with E-state index >= 15 is 0 Å². The lowest BCUT2D eigenvalue weighted by Crippen LogP contribution is -2.66. The summed E-state index contributed by atoms with van der Waals surface area (Å²) in [4.78, 5) is 27.1. The molecule has 0 aromatic rings. The van der Waals surface area contributed by atoms with Gasteiger partial charge in [0, 0.05) is 44.7 Å². The molecule has 1 unspecified atom stereocenters. The number of carboxylic acids is 1. The molecule has 52 heavy (non-hydrogen) atoms. The third kappa shape index (κ3) is 6.73. The molecule has 5 rings (SSSR count). The number of carboxylic acid groups (broad SMARTS) is 1. The first-order valence-corrected chi connectivity index (χ1v) is 20.4. The van der Waals surface area contributed by atoms with E-state index in [1.807, 2.05) is 0 Å². The molecule has 9 nitrogen and oxygen atoms in total. The number of hydrogen-bond acceptors (Lipinski definition) is 8. The minimum atomic E-state index is -1.16. The van der Waals surface area contributed by atoms with Crippen LogP contribution in [0.1, 0.15) is 127 Å². The van der Waals surface area contributed by atoms with Crippen LogP contribution in [0.15, 0.2) is 11.1 Å². The Morgan fingerprint density at radius 3 is 2.10 bits per heavy atom. The molecule has 0 spiro atoms. The zero-order valence-electron chi connectivity index (χ0n) is 34.5. The van der Waals surface area contributed by atoms with E-state index in [0.717, 1.165) is 64.5 Å². The minimum Gasteiger partial charge on any atom is -0.481 e. The Morgan fingerprint density at radius 1 is 0.885 bits per heavy atom. The van der Waals surface area contributed by atoms with Crippen molar-refractivity contribution in [3.8, 4) is 0 Å². The lowest BCUT2D eigenvalue weighted by molar-refractivity contribution is -0.235. The van der Waals surface area contributed by atoms with Crippen molar-refractivity contribution >= 4 is 11.9 Å². The van der Waals surface area contributed by atoms with Gasteiger partial charge >= 0.3 is 11.9 Å². The van der Waals surface area contributed by atoms with Gasteiger partial charge < -0.3 is 29.5 Å². The minimum absolute atomic E-state index is 0.0221. The number of fused-ring (bicyclic) bond motifs is 7. The predicted octanol–water partition coefficient (Wildman–Crippen LogP) is 7.13. The number of methoxy groups -OCH3 is 2. The van der Waals surface area contributed by atoms with Crippen LogP contribution < -0.4 is 0 Å². The van der Waals surface area contributed by atoms with E-state index in [0.29, 0.717) is 43.9 Å². The summed E-state index contributed by atoms with van der Waals surface area (Å²) in [6, 6.07) is 0. The average molecular weight is 732 g/mol. The molecule has 0 aromatic carbocycles. The van der Waals surface area contributed by atoms with Crippen LogP contribution in [0.2, 0.25) is 0 Å². The number of carbonyl (C=O) groups excluding carboxylic acids is 1. The van der Waals surface area contributed by atoms with E-state index < -0.39 is 35.0 Å². The van der Waals surface area contributed by atoms with Crippen molar-refractivity contribution in [2.45, 2.75) is 145 Å². The highest BCUT2D eigenvalue weighted by Crippen LogP contribution is 2.77. The van der Waals surface area contributed by atoms with Crippen molar-refractivity contribution in [2.75, 3.05) is 47.1 Å². The molecule has 5 aliphatic rings. The molecule has 4 saturated carbocycles.